The first-order valence-electron chi connectivity index (χ1n) is 5.37. The second-order valence-electron chi connectivity index (χ2n) is 4.72. The van der Waals surface area contributed by atoms with Gasteiger partial charge in [0.25, 0.3) is 0 Å². The van der Waals surface area contributed by atoms with E-state index in [9.17, 15) is 0 Å². The van der Waals surface area contributed by atoms with Gasteiger partial charge in [-0.25, -0.2) is 0 Å². The maximum Gasteiger partial charge on any atom is 0.138 e. The summed E-state index contributed by atoms with van der Waals surface area (Å²) in [4.78, 5) is 2.07. The zero-order chi connectivity index (χ0) is 13.1. The van der Waals surface area contributed by atoms with Crippen molar-refractivity contribution in [1.82, 2.24) is 4.90 Å². The van der Waals surface area contributed by atoms with E-state index in [4.69, 9.17) is 21.6 Å². The molecule has 17 heavy (non-hydrogen) atoms. The van der Waals surface area contributed by atoms with Crippen molar-refractivity contribution >= 4 is 11.6 Å². The van der Waals surface area contributed by atoms with E-state index in [1.165, 1.54) is 0 Å². The number of nitriles is 1. The van der Waals surface area contributed by atoms with E-state index in [1.807, 2.05) is 14.1 Å². The van der Waals surface area contributed by atoms with Crippen molar-refractivity contribution in [2.24, 2.45) is 0 Å². The Kier molecular flexibility index (Phi) is 4.39. The number of benzene rings is 1. The van der Waals surface area contributed by atoms with Gasteiger partial charge in [0.05, 0.1) is 5.02 Å². The van der Waals surface area contributed by atoms with Crippen molar-refractivity contribution in [3.05, 3.63) is 28.8 Å². The minimum atomic E-state index is -0.102. The average molecular weight is 253 g/mol. The van der Waals surface area contributed by atoms with Crippen LogP contribution in [0, 0.1) is 11.3 Å². The summed E-state index contributed by atoms with van der Waals surface area (Å²) in [6.45, 7) is 4.64. The molecule has 0 unspecified atom stereocenters. The Hall–Kier alpha value is -1.24. The van der Waals surface area contributed by atoms with Crippen LogP contribution < -0.4 is 4.74 Å². The Bertz CT molecular complexity index is 436. The van der Waals surface area contributed by atoms with Gasteiger partial charge in [0.15, 0.2) is 0 Å². The van der Waals surface area contributed by atoms with Crippen LogP contribution >= 0.6 is 11.6 Å². The molecule has 0 spiro atoms. The molecule has 0 aromatic heterocycles. The Morgan fingerprint density at radius 2 is 2.06 bits per heavy atom. The van der Waals surface area contributed by atoms with Gasteiger partial charge in [-0.2, -0.15) is 5.26 Å². The quantitative estimate of drug-likeness (QED) is 0.827. The average Bonchev–Trinajstić information content (AvgIpc) is 2.26. The maximum atomic E-state index is 9.01. The molecule has 1 rings (SSSR count). The SMILES string of the molecule is CN(C)C(C)(C)COc1cccc(Cl)c1C#N. The minimum absolute atomic E-state index is 0.102. The highest BCUT2D eigenvalue weighted by Crippen LogP contribution is 2.26. The van der Waals surface area contributed by atoms with Crippen molar-refractivity contribution in [1.29, 1.82) is 5.26 Å². The summed E-state index contributed by atoms with van der Waals surface area (Å²) in [5.41, 5.74) is 0.290. The van der Waals surface area contributed by atoms with Gasteiger partial charge in [-0.1, -0.05) is 17.7 Å². The van der Waals surface area contributed by atoms with Crippen molar-refractivity contribution in [3.8, 4) is 11.8 Å². The van der Waals surface area contributed by atoms with E-state index < -0.39 is 0 Å². The second kappa shape index (κ2) is 5.39. The number of hydrogen-bond donors (Lipinski definition) is 0. The molecule has 92 valence electrons. The standard InChI is InChI=1S/C13H17ClN2O/c1-13(2,16(3)4)9-17-12-7-5-6-11(14)10(12)8-15/h5-7H,9H2,1-4H3. The summed E-state index contributed by atoms with van der Waals surface area (Å²) in [6.07, 6.45) is 0. The van der Waals surface area contributed by atoms with Crippen molar-refractivity contribution in [3.63, 3.8) is 0 Å². The summed E-state index contributed by atoms with van der Waals surface area (Å²) in [5, 5.41) is 9.44. The van der Waals surface area contributed by atoms with Crippen LogP contribution in [0.4, 0.5) is 0 Å². The molecular formula is C13H17ClN2O. The van der Waals surface area contributed by atoms with E-state index in [0.717, 1.165) is 0 Å². The predicted molar refractivity (Wildman–Crippen MR) is 69.4 cm³/mol. The monoisotopic (exact) mass is 252 g/mol. The smallest absolute Gasteiger partial charge is 0.138 e. The zero-order valence-electron chi connectivity index (χ0n) is 10.6. The van der Waals surface area contributed by atoms with Crippen LogP contribution in [0.25, 0.3) is 0 Å². The van der Waals surface area contributed by atoms with Gasteiger partial charge >= 0.3 is 0 Å². The third kappa shape index (κ3) is 3.36. The first kappa shape index (κ1) is 13.8. The molecule has 0 amide bonds. The Balaban J connectivity index is 2.84. The highest BCUT2D eigenvalue weighted by molar-refractivity contribution is 6.31. The van der Waals surface area contributed by atoms with Crippen molar-refractivity contribution < 1.29 is 4.74 Å². The van der Waals surface area contributed by atoms with Crippen LogP contribution in [0.15, 0.2) is 18.2 Å². The van der Waals surface area contributed by atoms with E-state index in [1.54, 1.807) is 18.2 Å². The summed E-state index contributed by atoms with van der Waals surface area (Å²) < 4.78 is 5.69. The van der Waals surface area contributed by atoms with E-state index in [-0.39, 0.29) is 5.54 Å². The normalized spacial score (nSPS) is 11.4. The number of nitrogens with zero attached hydrogens (tertiary/aromatic N) is 2. The molecule has 0 saturated carbocycles. The van der Waals surface area contributed by atoms with Crippen LogP contribution in [0.1, 0.15) is 19.4 Å². The topological polar surface area (TPSA) is 36.3 Å². The minimum Gasteiger partial charge on any atom is -0.490 e. The molecule has 0 atom stereocenters. The molecule has 4 heteroatoms. The largest absolute Gasteiger partial charge is 0.490 e. The lowest BCUT2D eigenvalue weighted by atomic mass is 10.1. The van der Waals surface area contributed by atoms with Gasteiger partial charge in [-0.3, -0.25) is 0 Å². The molecule has 0 bridgehead atoms. The second-order valence-corrected chi connectivity index (χ2v) is 5.13. The number of halogens is 1. The number of hydrogen-bond acceptors (Lipinski definition) is 3. The summed E-state index contributed by atoms with van der Waals surface area (Å²) >= 11 is 5.93. The molecular weight excluding hydrogens is 236 g/mol. The fourth-order valence-electron chi connectivity index (χ4n) is 1.12. The van der Waals surface area contributed by atoms with Gasteiger partial charge in [0, 0.05) is 5.54 Å². The number of rotatable bonds is 4. The molecule has 0 N–H and O–H groups in total. The highest BCUT2D eigenvalue weighted by Gasteiger charge is 2.22. The molecule has 0 radical (unpaired) electrons. The van der Waals surface area contributed by atoms with Gasteiger partial charge in [0.1, 0.15) is 24.0 Å². The highest BCUT2D eigenvalue weighted by atomic mass is 35.5. The van der Waals surface area contributed by atoms with Crippen LogP contribution in [0.2, 0.25) is 5.02 Å². The van der Waals surface area contributed by atoms with Crippen LogP contribution in [-0.2, 0) is 0 Å². The first-order valence-corrected chi connectivity index (χ1v) is 5.75. The fraction of sp³-hybridized carbons (Fsp3) is 0.462. The molecule has 0 saturated heterocycles. The molecule has 1 aromatic rings. The number of likely N-dealkylation sites (N-methyl/N-ethyl adjacent to an activating group) is 1. The summed E-state index contributed by atoms with van der Waals surface area (Å²) in [7, 11) is 3.99. The van der Waals surface area contributed by atoms with Crippen molar-refractivity contribution in [2.75, 3.05) is 20.7 Å². The molecule has 0 fully saturated rings. The third-order valence-electron chi connectivity index (χ3n) is 2.88. The van der Waals surface area contributed by atoms with Gasteiger partial charge < -0.3 is 9.64 Å². The molecule has 0 heterocycles. The molecule has 1 aromatic carbocycles. The Morgan fingerprint density at radius 3 is 2.59 bits per heavy atom. The molecule has 3 nitrogen and oxygen atoms in total. The lowest BCUT2D eigenvalue weighted by Gasteiger charge is -2.32. The molecule has 0 aliphatic rings. The third-order valence-corrected chi connectivity index (χ3v) is 3.19. The van der Waals surface area contributed by atoms with Crippen LogP contribution in [0.3, 0.4) is 0 Å². The molecule has 0 aliphatic carbocycles. The summed E-state index contributed by atoms with van der Waals surface area (Å²) in [6, 6.07) is 7.28. The predicted octanol–water partition coefficient (Wildman–Crippen LogP) is 2.93. The van der Waals surface area contributed by atoms with Crippen LogP contribution in [-0.4, -0.2) is 31.1 Å². The van der Waals surface area contributed by atoms with Crippen molar-refractivity contribution in [2.45, 2.75) is 19.4 Å². The lowest BCUT2D eigenvalue weighted by molar-refractivity contribution is 0.114. The number of ether oxygens (including phenoxy) is 1. The summed E-state index contributed by atoms with van der Waals surface area (Å²) in [5.74, 6) is 0.537. The lowest BCUT2D eigenvalue weighted by Crippen LogP contribution is -2.43. The first-order chi connectivity index (χ1) is 7.88. The zero-order valence-corrected chi connectivity index (χ0v) is 11.4. The van der Waals surface area contributed by atoms with Crippen LogP contribution in [0.5, 0.6) is 5.75 Å². The Morgan fingerprint density at radius 1 is 1.41 bits per heavy atom. The van der Waals surface area contributed by atoms with Gasteiger partial charge in [0.2, 0.25) is 0 Å². The van der Waals surface area contributed by atoms with E-state index in [2.05, 4.69) is 24.8 Å². The Labute approximate surface area is 108 Å². The van der Waals surface area contributed by atoms with E-state index >= 15 is 0 Å². The molecule has 0 aliphatic heterocycles. The van der Waals surface area contributed by atoms with Gasteiger partial charge in [-0.15, -0.1) is 0 Å². The van der Waals surface area contributed by atoms with E-state index in [0.29, 0.717) is 22.9 Å². The van der Waals surface area contributed by atoms with Gasteiger partial charge in [-0.05, 0) is 40.1 Å². The maximum absolute atomic E-state index is 9.01. The fourth-order valence-corrected chi connectivity index (χ4v) is 1.32.